The average Bonchev–Trinajstić information content (AvgIpc) is 3.02. The number of benzene rings is 1. The van der Waals surface area contributed by atoms with Gasteiger partial charge in [0.15, 0.2) is 0 Å². The molecule has 22 heavy (non-hydrogen) atoms. The predicted molar refractivity (Wildman–Crippen MR) is 86.8 cm³/mol. The van der Waals surface area contributed by atoms with E-state index < -0.39 is 6.43 Å². The van der Waals surface area contributed by atoms with Crippen molar-refractivity contribution >= 4 is 12.4 Å². The average molecular weight is 332 g/mol. The Morgan fingerprint density at radius 3 is 2.59 bits per heavy atom. The summed E-state index contributed by atoms with van der Waals surface area (Å²) < 4.78 is 25.4. The summed E-state index contributed by atoms with van der Waals surface area (Å²) >= 11 is 0. The van der Waals surface area contributed by atoms with Crippen molar-refractivity contribution in [1.29, 1.82) is 0 Å². The number of alkyl halides is 2. The molecule has 0 bridgehead atoms. The van der Waals surface area contributed by atoms with E-state index in [0.717, 1.165) is 51.4 Å². The lowest BCUT2D eigenvalue weighted by molar-refractivity contribution is 0.0979. The van der Waals surface area contributed by atoms with Crippen molar-refractivity contribution < 1.29 is 8.78 Å². The van der Waals surface area contributed by atoms with Gasteiger partial charge >= 0.3 is 0 Å². The first kappa shape index (κ1) is 17.6. The molecular weight excluding hydrogens is 308 g/mol. The fraction of sp³-hybridized carbons (Fsp3) is 0.625. The zero-order valence-corrected chi connectivity index (χ0v) is 13.5. The minimum atomic E-state index is -2.38. The molecule has 2 aliphatic heterocycles. The number of nitrogens with one attached hydrogen (secondary N) is 1. The molecule has 2 fully saturated rings. The van der Waals surface area contributed by atoms with Gasteiger partial charge in [-0.15, -0.1) is 12.4 Å². The maximum atomic E-state index is 12.7. The van der Waals surface area contributed by atoms with Gasteiger partial charge in [0.05, 0.1) is 0 Å². The standard InChI is InChI=1S/C16H23F2N3.ClH/c17-16(18)14-3-1-2-13(10-14)12-20-6-8-21(9-7-20)15-4-5-19-11-15;/h1-3,10,15-16,19H,4-9,11-12H2;1H. The van der Waals surface area contributed by atoms with Gasteiger partial charge in [-0.1, -0.05) is 18.2 Å². The molecule has 3 rings (SSSR count). The van der Waals surface area contributed by atoms with Crippen LogP contribution in [0.1, 0.15) is 24.0 Å². The van der Waals surface area contributed by atoms with Gasteiger partial charge in [-0.3, -0.25) is 9.80 Å². The number of rotatable bonds is 4. The van der Waals surface area contributed by atoms with E-state index in [9.17, 15) is 8.78 Å². The number of nitrogens with zero attached hydrogens (tertiary/aromatic N) is 2. The first-order valence-corrected chi connectivity index (χ1v) is 7.76. The zero-order valence-electron chi connectivity index (χ0n) is 12.7. The van der Waals surface area contributed by atoms with Crippen molar-refractivity contribution in [1.82, 2.24) is 15.1 Å². The summed E-state index contributed by atoms with van der Waals surface area (Å²) in [7, 11) is 0. The molecule has 0 aliphatic carbocycles. The molecule has 1 atom stereocenters. The number of halogens is 3. The van der Waals surface area contributed by atoms with E-state index in [2.05, 4.69) is 15.1 Å². The van der Waals surface area contributed by atoms with Crippen molar-refractivity contribution in [3.05, 3.63) is 35.4 Å². The van der Waals surface area contributed by atoms with Crippen LogP contribution in [-0.4, -0.2) is 55.1 Å². The molecule has 1 unspecified atom stereocenters. The Hall–Kier alpha value is -0.750. The normalized spacial score (nSPS) is 23.7. The highest BCUT2D eigenvalue weighted by Crippen LogP contribution is 2.20. The fourth-order valence-corrected chi connectivity index (χ4v) is 3.32. The van der Waals surface area contributed by atoms with Crippen molar-refractivity contribution in [3.63, 3.8) is 0 Å². The second kappa shape index (κ2) is 8.20. The van der Waals surface area contributed by atoms with E-state index >= 15 is 0 Å². The van der Waals surface area contributed by atoms with Crippen LogP contribution in [0, 0.1) is 0 Å². The molecule has 2 saturated heterocycles. The topological polar surface area (TPSA) is 18.5 Å². The van der Waals surface area contributed by atoms with Gasteiger partial charge in [0.25, 0.3) is 6.43 Å². The van der Waals surface area contributed by atoms with Gasteiger partial charge in [-0.05, 0) is 24.6 Å². The Kier molecular flexibility index (Phi) is 6.56. The van der Waals surface area contributed by atoms with Crippen LogP contribution < -0.4 is 5.32 Å². The Labute approximate surface area is 137 Å². The van der Waals surface area contributed by atoms with E-state index in [-0.39, 0.29) is 18.0 Å². The van der Waals surface area contributed by atoms with Crippen LogP contribution in [0.4, 0.5) is 8.78 Å². The lowest BCUT2D eigenvalue weighted by atomic mass is 10.1. The van der Waals surface area contributed by atoms with Crippen LogP contribution >= 0.6 is 12.4 Å². The van der Waals surface area contributed by atoms with E-state index in [0.29, 0.717) is 6.04 Å². The summed E-state index contributed by atoms with van der Waals surface area (Å²) in [6.07, 6.45) is -1.13. The first-order chi connectivity index (χ1) is 10.2. The van der Waals surface area contributed by atoms with Gasteiger partial charge in [0.2, 0.25) is 0 Å². The van der Waals surface area contributed by atoms with E-state index in [1.165, 1.54) is 12.5 Å². The molecule has 1 aromatic carbocycles. The Morgan fingerprint density at radius 1 is 1.18 bits per heavy atom. The molecular formula is C16H24ClF2N3. The summed E-state index contributed by atoms with van der Waals surface area (Å²) in [6, 6.07) is 7.50. The fourth-order valence-electron chi connectivity index (χ4n) is 3.32. The summed E-state index contributed by atoms with van der Waals surface area (Å²) in [5.41, 5.74) is 1.12. The number of hydrogen-bond acceptors (Lipinski definition) is 3. The zero-order chi connectivity index (χ0) is 14.7. The van der Waals surface area contributed by atoms with Crippen LogP contribution in [-0.2, 0) is 6.54 Å². The van der Waals surface area contributed by atoms with Gasteiger partial charge in [-0.25, -0.2) is 8.78 Å². The van der Waals surface area contributed by atoms with Gasteiger partial charge in [0, 0.05) is 50.9 Å². The maximum absolute atomic E-state index is 12.7. The molecule has 6 heteroatoms. The molecule has 2 aliphatic rings. The highest BCUT2D eigenvalue weighted by molar-refractivity contribution is 5.85. The summed E-state index contributed by atoms with van der Waals surface area (Å²) in [5, 5.41) is 3.41. The van der Waals surface area contributed by atoms with Crippen molar-refractivity contribution in [3.8, 4) is 0 Å². The van der Waals surface area contributed by atoms with Crippen LogP contribution in [0.2, 0.25) is 0 Å². The second-order valence-electron chi connectivity index (χ2n) is 6.00. The monoisotopic (exact) mass is 331 g/mol. The van der Waals surface area contributed by atoms with E-state index in [4.69, 9.17) is 0 Å². The second-order valence-corrected chi connectivity index (χ2v) is 6.00. The number of piperazine rings is 1. The molecule has 0 amide bonds. The predicted octanol–water partition coefficient (Wildman–Crippen LogP) is 2.53. The maximum Gasteiger partial charge on any atom is 0.263 e. The lowest BCUT2D eigenvalue weighted by Gasteiger charge is -2.37. The SMILES string of the molecule is Cl.FC(F)c1cccc(CN2CCN(C3CCNC3)CC2)c1. The van der Waals surface area contributed by atoms with Crippen LogP contribution in [0.5, 0.6) is 0 Å². The largest absolute Gasteiger partial charge is 0.315 e. The summed E-state index contributed by atoms with van der Waals surface area (Å²) in [5.74, 6) is 0. The first-order valence-electron chi connectivity index (χ1n) is 7.76. The molecule has 124 valence electrons. The minimum Gasteiger partial charge on any atom is -0.315 e. The van der Waals surface area contributed by atoms with Crippen LogP contribution in [0.25, 0.3) is 0 Å². The molecule has 1 N–H and O–H groups in total. The van der Waals surface area contributed by atoms with Gasteiger partial charge in [0.1, 0.15) is 0 Å². The molecule has 0 spiro atoms. The van der Waals surface area contributed by atoms with Crippen molar-refractivity contribution in [2.75, 3.05) is 39.3 Å². The van der Waals surface area contributed by atoms with Gasteiger partial charge < -0.3 is 5.32 Å². The highest BCUT2D eigenvalue weighted by Gasteiger charge is 2.25. The third-order valence-corrected chi connectivity index (χ3v) is 4.57. The smallest absolute Gasteiger partial charge is 0.263 e. The van der Waals surface area contributed by atoms with E-state index in [1.54, 1.807) is 12.1 Å². The highest BCUT2D eigenvalue weighted by atomic mass is 35.5. The third-order valence-electron chi connectivity index (χ3n) is 4.57. The van der Waals surface area contributed by atoms with Crippen LogP contribution in [0.3, 0.4) is 0 Å². The van der Waals surface area contributed by atoms with Crippen LogP contribution in [0.15, 0.2) is 24.3 Å². The Morgan fingerprint density at radius 2 is 1.95 bits per heavy atom. The molecule has 1 aromatic rings. The Bertz CT molecular complexity index is 458. The lowest BCUT2D eigenvalue weighted by Crippen LogP contribution is -2.50. The summed E-state index contributed by atoms with van der Waals surface area (Å²) in [4.78, 5) is 4.93. The molecule has 0 saturated carbocycles. The third kappa shape index (κ3) is 4.38. The molecule has 3 nitrogen and oxygen atoms in total. The molecule has 0 radical (unpaired) electrons. The molecule has 0 aromatic heterocycles. The van der Waals surface area contributed by atoms with Gasteiger partial charge in [-0.2, -0.15) is 0 Å². The molecule has 2 heterocycles. The number of hydrogen-bond donors (Lipinski definition) is 1. The van der Waals surface area contributed by atoms with Crippen molar-refractivity contribution in [2.45, 2.75) is 25.4 Å². The minimum absolute atomic E-state index is 0. The Balaban J connectivity index is 0.00000176. The van der Waals surface area contributed by atoms with E-state index in [1.807, 2.05) is 6.07 Å². The van der Waals surface area contributed by atoms with Crippen molar-refractivity contribution in [2.24, 2.45) is 0 Å². The summed E-state index contributed by atoms with van der Waals surface area (Å²) in [6.45, 7) is 7.23. The quantitative estimate of drug-likeness (QED) is 0.914.